The van der Waals surface area contributed by atoms with E-state index in [1.165, 1.54) is 38.6 Å². The fourth-order valence-corrected chi connectivity index (χ4v) is 5.81. The van der Waals surface area contributed by atoms with Crippen LogP contribution >= 0.6 is 0 Å². The molecule has 27 heavy (non-hydrogen) atoms. The van der Waals surface area contributed by atoms with Crippen molar-refractivity contribution in [3.05, 3.63) is 35.4 Å². The maximum Gasteiger partial charge on any atom is 0.248 e. The molecular weight excluding hydrogens is 340 g/mol. The first-order chi connectivity index (χ1) is 13.1. The molecule has 2 atom stereocenters. The second kappa shape index (κ2) is 7.90. The molecule has 2 bridgehead atoms. The van der Waals surface area contributed by atoms with E-state index in [0.29, 0.717) is 17.4 Å². The first-order valence-corrected chi connectivity index (χ1v) is 10.4. The van der Waals surface area contributed by atoms with E-state index in [1.807, 2.05) is 19.2 Å². The molecule has 2 saturated heterocycles. The molecule has 2 unspecified atom stereocenters. The standard InChI is InChI=1S/C22H32N2O3/c1-26-22(18-5-2-4-17(12-18)21(23)25)19-6-3-7-20(22)15-24(14-19)13-16-8-10-27-11-9-16/h2,4-5,12,16,19-20H,3,6-11,13-15H2,1H3,(H2,23,25). The molecule has 1 amide bonds. The van der Waals surface area contributed by atoms with E-state index in [-0.39, 0.29) is 11.5 Å². The molecule has 1 aliphatic carbocycles. The molecular formula is C22H32N2O3. The number of amides is 1. The van der Waals surface area contributed by atoms with Crippen molar-refractivity contribution in [2.45, 2.75) is 37.7 Å². The molecule has 1 aromatic rings. The minimum absolute atomic E-state index is 0.296. The van der Waals surface area contributed by atoms with Crippen molar-refractivity contribution in [1.82, 2.24) is 4.90 Å². The first-order valence-electron chi connectivity index (χ1n) is 10.4. The van der Waals surface area contributed by atoms with Crippen LogP contribution in [0.3, 0.4) is 0 Å². The normalized spacial score (nSPS) is 32.3. The number of primary amides is 1. The van der Waals surface area contributed by atoms with Crippen molar-refractivity contribution in [3.8, 4) is 0 Å². The molecule has 5 nitrogen and oxygen atoms in total. The molecule has 4 rings (SSSR count). The van der Waals surface area contributed by atoms with Gasteiger partial charge in [0.2, 0.25) is 5.91 Å². The Labute approximate surface area is 162 Å². The van der Waals surface area contributed by atoms with Gasteiger partial charge >= 0.3 is 0 Å². The number of rotatable bonds is 5. The highest BCUT2D eigenvalue weighted by Gasteiger charge is 2.53. The second-order valence-corrected chi connectivity index (χ2v) is 8.54. The first kappa shape index (κ1) is 18.9. The van der Waals surface area contributed by atoms with Crippen LogP contribution in [0.4, 0.5) is 0 Å². The van der Waals surface area contributed by atoms with Crippen molar-refractivity contribution in [3.63, 3.8) is 0 Å². The molecule has 5 heteroatoms. The predicted molar refractivity (Wildman–Crippen MR) is 104 cm³/mol. The highest BCUT2D eigenvalue weighted by atomic mass is 16.5. The number of nitrogens with two attached hydrogens (primary N) is 1. The van der Waals surface area contributed by atoms with Gasteiger partial charge in [-0.1, -0.05) is 18.6 Å². The van der Waals surface area contributed by atoms with Crippen LogP contribution in [0.15, 0.2) is 24.3 Å². The van der Waals surface area contributed by atoms with Gasteiger partial charge < -0.3 is 20.1 Å². The van der Waals surface area contributed by atoms with Gasteiger partial charge in [-0.3, -0.25) is 4.79 Å². The predicted octanol–water partition coefficient (Wildman–Crippen LogP) is 2.79. The Morgan fingerprint density at radius 3 is 2.56 bits per heavy atom. The van der Waals surface area contributed by atoms with E-state index in [2.05, 4.69) is 11.0 Å². The summed E-state index contributed by atoms with van der Waals surface area (Å²) in [5, 5.41) is 0. The fourth-order valence-electron chi connectivity index (χ4n) is 5.81. The van der Waals surface area contributed by atoms with Crippen LogP contribution in [-0.4, -0.2) is 50.8 Å². The third kappa shape index (κ3) is 3.53. The van der Waals surface area contributed by atoms with Crippen molar-refractivity contribution in [2.75, 3.05) is 40.0 Å². The zero-order chi connectivity index (χ0) is 18.9. The van der Waals surface area contributed by atoms with Crippen LogP contribution in [0.25, 0.3) is 0 Å². The number of hydrogen-bond donors (Lipinski definition) is 1. The van der Waals surface area contributed by atoms with Crippen molar-refractivity contribution >= 4 is 5.91 Å². The zero-order valence-corrected chi connectivity index (χ0v) is 16.4. The number of nitrogens with zero attached hydrogens (tertiary/aromatic N) is 1. The molecule has 1 saturated carbocycles. The van der Waals surface area contributed by atoms with Gasteiger partial charge in [0.1, 0.15) is 5.60 Å². The number of carbonyl (C=O) groups excluding carboxylic acids is 1. The molecule has 0 radical (unpaired) electrons. The second-order valence-electron chi connectivity index (χ2n) is 8.54. The van der Waals surface area contributed by atoms with Gasteiger partial charge in [0.15, 0.2) is 0 Å². The largest absolute Gasteiger partial charge is 0.381 e. The van der Waals surface area contributed by atoms with Gasteiger partial charge in [0, 0.05) is 57.4 Å². The minimum atomic E-state index is -0.370. The van der Waals surface area contributed by atoms with Gasteiger partial charge in [-0.2, -0.15) is 0 Å². The highest BCUT2D eigenvalue weighted by molar-refractivity contribution is 5.92. The summed E-state index contributed by atoms with van der Waals surface area (Å²) in [5.41, 5.74) is 6.95. The molecule has 2 N–H and O–H groups in total. The van der Waals surface area contributed by atoms with E-state index >= 15 is 0 Å². The number of piperidine rings is 1. The molecule has 1 aromatic carbocycles. The monoisotopic (exact) mass is 372 g/mol. The Kier molecular flexibility index (Phi) is 5.53. The Bertz CT molecular complexity index is 657. The minimum Gasteiger partial charge on any atom is -0.381 e. The lowest BCUT2D eigenvalue weighted by Crippen LogP contribution is -2.59. The van der Waals surface area contributed by atoms with Gasteiger partial charge in [-0.25, -0.2) is 0 Å². The molecule has 2 aliphatic heterocycles. The smallest absolute Gasteiger partial charge is 0.248 e. The summed E-state index contributed by atoms with van der Waals surface area (Å²) in [7, 11) is 1.84. The molecule has 0 spiro atoms. The maximum atomic E-state index is 11.7. The molecule has 148 valence electrons. The molecule has 3 aliphatic rings. The van der Waals surface area contributed by atoms with Crippen LogP contribution in [0.2, 0.25) is 0 Å². The quantitative estimate of drug-likeness (QED) is 0.863. The molecule has 3 fully saturated rings. The summed E-state index contributed by atoms with van der Waals surface area (Å²) < 4.78 is 11.8. The lowest BCUT2D eigenvalue weighted by Gasteiger charge is -2.56. The SMILES string of the molecule is COC1(c2cccc(C(N)=O)c2)C2CCCC1CN(CC1CCOCC1)C2. The summed E-state index contributed by atoms with van der Waals surface area (Å²) in [6.45, 7) is 5.14. The van der Waals surface area contributed by atoms with Crippen LogP contribution in [0.1, 0.15) is 48.0 Å². The number of hydrogen-bond acceptors (Lipinski definition) is 4. The number of carbonyl (C=O) groups is 1. The summed E-state index contributed by atoms with van der Waals surface area (Å²) in [6.07, 6.45) is 5.98. The van der Waals surface area contributed by atoms with Crippen LogP contribution < -0.4 is 5.73 Å². The van der Waals surface area contributed by atoms with E-state index in [1.54, 1.807) is 6.07 Å². The number of methoxy groups -OCH3 is 1. The molecule has 2 heterocycles. The Hall–Kier alpha value is -1.43. The maximum absolute atomic E-state index is 11.7. The highest BCUT2D eigenvalue weighted by Crippen LogP contribution is 2.51. The third-order valence-electron chi connectivity index (χ3n) is 7.07. The van der Waals surface area contributed by atoms with Gasteiger partial charge in [0.25, 0.3) is 0 Å². The summed E-state index contributed by atoms with van der Waals surface area (Å²) in [4.78, 5) is 14.4. The van der Waals surface area contributed by atoms with Crippen LogP contribution in [-0.2, 0) is 15.1 Å². The summed E-state index contributed by atoms with van der Waals surface area (Å²) >= 11 is 0. The summed E-state index contributed by atoms with van der Waals surface area (Å²) in [5.74, 6) is 1.30. The van der Waals surface area contributed by atoms with Gasteiger partial charge in [-0.15, -0.1) is 0 Å². The third-order valence-corrected chi connectivity index (χ3v) is 7.07. The van der Waals surface area contributed by atoms with Crippen molar-refractivity contribution in [1.29, 1.82) is 0 Å². The van der Waals surface area contributed by atoms with Gasteiger partial charge in [0.05, 0.1) is 0 Å². The molecule has 0 aromatic heterocycles. The zero-order valence-electron chi connectivity index (χ0n) is 16.4. The lowest BCUT2D eigenvalue weighted by atomic mass is 9.62. The number of benzene rings is 1. The number of ether oxygens (including phenoxy) is 2. The lowest BCUT2D eigenvalue weighted by molar-refractivity contribution is -0.171. The van der Waals surface area contributed by atoms with E-state index in [9.17, 15) is 4.79 Å². The average molecular weight is 373 g/mol. The van der Waals surface area contributed by atoms with E-state index < -0.39 is 0 Å². The Balaban J connectivity index is 1.58. The van der Waals surface area contributed by atoms with Gasteiger partial charge in [-0.05, 0) is 49.3 Å². The van der Waals surface area contributed by atoms with Crippen molar-refractivity contribution in [2.24, 2.45) is 23.5 Å². The average Bonchev–Trinajstić information content (AvgIpc) is 2.68. The van der Waals surface area contributed by atoms with E-state index in [0.717, 1.165) is 37.8 Å². The summed E-state index contributed by atoms with van der Waals surface area (Å²) in [6, 6.07) is 7.83. The van der Waals surface area contributed by atoms with E-state index in [4.69, 9.17) is 15.2 Å². The van der Waals surface area contributed by atoms with Crippen LogP contribution in [0, 0.1) is 17.8 Å². The number of fused-ring (bicyclic) bond motifs is 2. The fraction of sp³-hybridized carbons (Fsp3) is 0.682. The Morgan fingerprint density at radius 2 is 1.93 bits per heavy atom. The topological polar surface area (TPSA) is 64.8 Å². The van der Waals surface area contributed by atoms with Crippen molar-refractivity contribution < 1.29 is 14.3 Å². The van der Waals surface area contributed by atoms with Crippen LogP contribution in [0.5, 0.6) is 0 Å². The Morgan fingerprint density at radius 1 is 1.22 bits per heavy atom. The number of likely N-dealkylation sites (tertiary alicyclic amines) is 1.